The number of hydrogen-bond donors (Lipinski definition) is 0. The van der Waals surface area contributed by atoms with E-state index in [1.807, 2.05) is 12.1 Å². The summed E-state index contributed by atoms with van der Waals surface area (Å²) < 4.78 is 28.9. The van der Waals surface area contributed by atoms with Crippen LogP contribution in [0.15, 0.2) is 72.8 Å². The van der Waals surface area contributed by atoms with Crippen LogP contribution in [-0.4, -0.2) is 17.9 Å². The summed E-state index contributed by atoms with van der Waals surface area (Å²) in [5.41, 5.74) is -0.272. The van der Waals surface area contributed by atoms with Gasteiger partial charge in [0.1, 0.15) is 17.7 Å². The van der Waals surface area contributed by atoms with Gasteiger partial charge in [-0.05, 0) is 48.0 Å². The number of fused-ring (bicyclic) bond motifs is 3. The molecule has 34 heavy (non-hydrogen) atoms. The Hall–Kier alpha value is -4.00. The van der Waals surface area contributed by atoms with Crippen LogP contribution >= 0.6 is 11.6 Å². The molecule has 5 rings (SSSR count). The maximum absolute atomic E-state index is 15.3. The molecule has 0 saturated carbocycles. The van der Waals surface area contributed by atoms with Gasteiger partial charge in [0, 0.05) is 21.8 Å². The van der Waals surface area contributed by atoms with Crippen molar-refractivity contribution in [3.8, 4) is 12.1 Å². The highest BCUT2D eigenvalue weighted by atomic mass is 35.5. The van der Waals surface area contributed by atoms with Gasteiger partial charge in [-0.3, -0.25) is 4.79 Å². The second kappa shape index (κ2) is 8.09. The molecule has 0 aliphatic carbocycles. The van der Waals surface area contributed by atoms with Crippen LogP contribution in [0.2, 0.25) is 5.02 Å². The van der Waals surface area contributed by atoms with Gasteiger partial charge in [0.05, 0.1) is 24.1 Å². The fourth-order valence-electron chi connectivity index (χ4n) is 5.14. The normalized spacial score (nSPS) is 21.8. The summed E-state index contributed by atoms with van der Waals surface area (Å²) in [7, 11) is 0. The van der Waals surface area contributed by atoms with Crippen molar-refractivity contribution in [1.82, 2.24) is 0 Å². The molecule has 0 radical (unpaired) electrons. The standard InChI is InChI=1S/C27H16ClF2N3O/c28-19-5-3-6-20(30)23(19)24-25(26(34)17-8-11-18(29)12-9-17)33-21-7-2-1-4-16(21)10-13-22(33)27(24,14-31)15-32/h1-13,22,24-25H/t22-,24-,25+/m1/s1. The van der Waals surface area contributed by atoms with E-state index in [1.54, 1.807) is 29.2 Å². The second-order valence-electron chi connectivity index (χ2n) is 8.29. The van der Waals surface area contributed by atoms with E-state index in [9.17, 15) is 19.7 Å². The number of carbonyl (C=O) groups is 1. The quantitative estimate of drug-likeness (QED) is 0.446. The molecule has 0 N–H and O–H groups in total. The molecule has 0 spiro atoms. The molecule has 3 aromatic carbocycles. The third-order valence-corrected chi connectivity index (χ3v) is 6.95. The summed E-state index contributed by atoms with van der Waals surface area (Å²) in [6.07, 6.45) is 3.50. The molecular weight excluding hydrogens is 456 g/mol. The summed E-state index contributed by atoms with van der Waals surface area (Å²) in [6, 6.07) is 18.6. The van der Waals surface area contributed by atoms with Crippen LogP contribution in [0.3, 0.4) is 0 Å². The van der Waals surface area contributed by atoms with Crippen LogP contribution in [0.5, 0.6) is 0 Å². The Morgan fingerprint density at radius 3 is 2.35 bits per heavy atom. The van der Waals surface area contributed by atoms with Gasteiger partial charge >= 0.3 is 0 Å². The van der Waals surface area contributed by atoms with Crippen molar-refractivity contribution in [3.05, 3.63) is 106 Å². The molecule has 2 aliphatic heterocycles. The highest BCUT2D eigenvalue weighted by molar-refractivity contribution is 6.31. The van der Waals surface area contributed by atoms with E-state index in [-0.39, 0.29) is 16.1 Å². The number of hydrogen-bond acceptors (Lipinski definition) is 4. The molecule has 3 atom stereocenters. The van der Waals surface area contributed by atoms with Crippen molar-refractivity contribution in [2.24, 2.45) is 5.41 Å². The zero-order valence-corrected chi connectivity index (χ0v) is 18.4. The lowest BCUT2D eigenvalue weighted by Gasteiger charge is -2.35. The Balaban J connectivity index is 1.83. The fourth-order valence-corrected chi connectivity index (χ4v) is 5.42. The van der Waals surface area contributed by atoms with Crippen molar-refractivity contribution >= 4 is 29.1 Å². The topological polar surface area (TPSA) is 67.9 Å². The highest BCUT2D eigenvalue weighted by Gasteiger charge is 2.64. The van der Waals surface area contributed by atoms with Crippen LogP contribution in [0.4, 0.5) is 14.5 Å². The molecule has 2 heterocycles. The number of carbonyl (C=O) groups excluding carboxylic acids is 1. The molecule has 1 fully saturated rings. The highest BCUT2D eigenvalue weighted by Crippen LogP contribution is 2.56. The number of benzene rings is 3. The number of halogens is 3. The molecule has 0 bridgehead atoms. The Labute approximate surface area is 199 Å². The molecule has 2 aliphatic rings. The van der Waals surface area contributed by atoms with Gasteiger partial charge in [-0.1, -0.05) is 48.0 Å². The summed E-state index contributed by atoms with van der Waals surface area (Å²) in [5, 5.41) is 20.8. The zero-order chi connectivity index (χ0) is 24.0. The number of para-hydroxylation sites is 1. The van der Waals surface area contributed by atoms with Gasteiger partial charge in [0.25, 0.3) is 0 Å². The first-order valence-electron chi connectivity index (χ1n) is 10.5. The number of ketones is 1. The molecule has 0 unspecified atom stereocenters. The van der Waals surface area contributed by atoms with Gasteiger partial charge in [0.2, 0.25) is 0 Å². The molecule has 166 valence electrons. The van der Waals surface area contributed by atoms with Crippen LogP contribution in [0.25, 0.3) is 6.08 Å². The molecule has 1 saturated heterocycles. The molecule has 4 nitrogen and oxygen atoms in total. The van der Waals surface area contributed by atoms with E-state index < -0.39 is 40.8 Å². The van der Waals surface area contributed by atoms with Gasteiger partial charge in [0.15, 0.2) is 11.2 Å². The number of nitrogens with zero attached hydrogens (tertiary/aromatic N) is 3. The minimum absolute atomic E-state index is 0.0221. The summed E-state index contributed by atoms with van der Waals surface area (Å²) in [6.45, 7) is 0. The number of Topliss-reactive ketones (excluding diaryl/α,β-unsaturated/α-hetero) is 1. The summed E-state index contributed by atoms with van der Waals surface area (Å²) >= 11 is 6.43. The maximum atomic E-state index is 15.3. The van der Waals surface area contributed by atoms with Crippen LogP contribution in [-0.2, 0) is 0 Å². The average molecular weight is 472 g/mol. The molecule has 0 aromatic heterocycles. The van der Waals surface area contributed by atoms with Crippen LogP contribution < -0.4 is 4.90 Å². The third-order valence-electron chi connectivity index (χ3n) is 6.62. The van der Waals surface area contributed by atoms with E-state index >= 15 is 4.39 Å². The lowest BCUT2D eigenvalue weighted by atomic mass is 9.69. The van der Waals surface area contributed by atoms with Crippen molar-refractivity contribution in [1.29, 1.82) is 10.5 Å². The Kier molecular flexibility index (Phi) is 5.20. The van der Waals surface area contributed by atoms with Crippen molar-refractivity contribution in [2.75, 3.05) is 4.90 Å². The third kappa shape index (κ3) is 3.04. The lowest BCUT2D eigenvalue weighted by molar-refractivity contribution is 0.0950. The molecule has 0 amide bonds. The minimum atomic E-state index is -1.82. The predicted molar refractivity (Wildman–Crippen MR) is 124 cm³/mol. The Bertz CT molecular complexity index is 1390. The average Bonchev–Trinajstić information content (AvgIpc) is 3.14. The van der Waals surface area contributed by atoms with E-state index in [1.165, 1.54) is 30.3 Å². The predicted octanol–water partition coefficient (Wildman–Crippen LogP) is 5.90. The zero-order valence-electron chi connectivity index (χ0n) is 17.6. The molecule has 3 aromatic rings. The largest absolute Gasteiger partial charge is 0.351 e. The first-order valence-corrected chi connectivity index (χ1v) is 10.9. The minimum Gasteiger partial charge on any atom is -0.351 e. The molecular formula is C27H16ClF2N3O. The Morgan fingerprint density at radius 2 is 1.68 bits per heavy atom. The van der Waals surface area contributed by atoms with Gasteiger partial charge in [-0.15, -0.1) is 0 Å². The maximum Gasteiger partial charge on any atom is 0.185 e. The first kappa shape index (κ1) is 21.8. The Morgan fingerprint density at radius 1 is 0.971 bits per heavy atom. The number of anilines is 1. The monoisotopic (exact) mass is 471 g/mol. The van der Waals surface area contributed by atoms with E-state index in [0.29, 0.717) is 5.69 Å². The van der Waals surface area contributed by atoms with Crippen molar-refractivity contribution < 1.29 is 13.6 Å². The second-order valence-corrected chi connectivity index (χ2v) is 8.70. The lowest BCUT2D eigenvalue weighted by Crippen LogP contribution is -2.44. The van der Waals surface area contributed by atoms with Crippen molar-refractivity contribution in [3.63, 3.8) is 0 Å². The number of rotatable bonds is 3. The van der Waals surface area contributed by atoms with Crippen LogP contribution in [0.1, 0.15) is 27.4 Å². The van der Waals surface area contributed by atoms with Gasteiger partial charge < -0.3 is 4.90 Å². The SMILES string of the molecule is N#CC1(C#N)[C@H](c2c(F)cccc2Cl)[C@@H](C(=O)c2ccc(F)cc2)N2c3ccccc3C=C[C@@H]21. The smallest absolute Gasteiger partial charge is 0.185 e. The van der Waals surface area contributed by atoms with E-state index in [2.05, 4.69) is 12.1 Å². The van der Waals surface area contributed by atoms with Crippen molar-refractivity contribution in [2.45, 2.75) is 18.0 Å². The van der Waals surface area contributed by atoms with Crippen LogP contribution in [0, 0.1) is 39.7 Å². The van der Waals surface area contributed by atoms with Gasteiger partial charge in [-0.25, -0.2) is 8.78 Å². The van der Waals surface area contributed by atoms with E-state index in [0.717, 1.165) is 17.7 Å². The first-order chi connectivity index (χ1) is 16.4. The van der Waals surface area contributed by atoms with Gasteiger partial charge in [-0.2, -0.15) is 10.5 Å². The van der Waals surface area contributed by atoms with E-state index in [4.69, 9.17) is 11.6 Å². The fraction of sp³-hybridized carbons (Fsp3) is 0.148. The summed E-state index contributed by atoms with van der Waals surface area (Å²) in [5.74, 6) is -2.90. The molecule has 7 heteroatoms. The summed E-state index contributed by atoms with van der Waals surface area (Å²) in [4.78, 5) is 15.7. The number of nitriles is 2.